The lowest BCUT2D eigenvalue weighted by atomic mass is 9.94. The summed E-state index contributed by atoms with van der Waals surface area (Å²) < 4.78 is 34.8. The maximum Gasteiger partial charge on any atom is 0.275 e. The number of hydrogen-bond acceptors (Lipinski definition) is 8. The van der Waals surface area contributed by atoms with Gasteiger partial charge in [-0.15, -0.1) is 0 Å². The first-order valence-electron chi connectivity index (χ1n) is 9.50. The Morgan fingerprint density at radius 2 is 2.10 bits per heavy atom. The van der Waals surface area contributed by atoms with Crippen molar-refractivity contribution in [2.75, 3.05) is 24.8 Å². The molecule has 0 aliphatic carbocycles. The first-order valence-corrected chi connectivity index (χ1v) is 11.1. The molecule has 166 valence electrons. The Morgan fingerprint density at radius 3 is 2.71 bits per heavy atom. The molecule has 1 unspecified atom stereocenters. The van der Waals surface area contributed by atoms with E-state index < -0.39 is 32.2 Å². The van der Waals surface area contributed by atoms with Gasteiger partial charge in [0.1, 0.15) is 16.3 Å². The fourth-order valence-electron chi connectivity index (χ4n) is 3.10. The Balaban J connectivity index is 1.83. The highest BCUT2D eigenvalue weighted by Crippen LogP contribution is 2.32. The SMILES string of the molecule is COc1cnc(C(=O)Nc2ccc3c(c2)C(CS(=O)(=O)C(C)(C)C(=N)N)COC3)cn1. The number of sulfone groups is 1. The summed E-state index contributed by atoms with van der Waals surface area (Å²) in [6.45, 7) is 3.39. The highest BCUT2D eigenvalue weighted by Gasteiger charge is 2.40. The van der Waals surface area contributed by atoms with E-state index in [-0.39, 0.29) is 18.1 Å². The molecule has 1 atom stereocenters. The number of amides is 1. The molecule has 1 amide bonds. The van der Waals surface area contributed by atoms with Crippen molar-refractivity contribution in [1.82, 2.24) is 9.97 Å². The Kier molecular flexibility index (Phi) is 6.27. The van der Waals surface area contributed by atoms with Gasteiger partial charge in [-0.25, -0.2) is 18.4 Å². The highest BCUT2D eigenvalue weighted by molar-refractivity contribution is 7.93. The average molecular weight is 448 g/mol. The third-order valence-electron chi connectivity index (χ3n) is 5.34. The topological polar surface area (TPSA) is 157 Å². The van der Waals surface area contributed by atoms with Crippen LogP contribution < -0.4 is 15.8 Å². The summed E-state index contributed by atoms with van der Waals surface area (Å²) in [6, 6.07) is 5.25. The number of fused-ring (bicyclic) bond motifs is 1. The molecular formula is C20H25N5O5S. The second kappa shape index (κ2) is 8.60. The number of rotatable bonds is 7. The molecule has 0 saturated carbocycles. The maximum absolute atomic E-state index is 12.9. The number of nitrogens with one attached hydrogen (secondary N) is 2. The van der Waals surface area contributed by atoms with Crippen molar-refractivity contribution >= 4 is 27.3 Å². The van der Waals surface area contributed by atoms with Crippen molar-refractivity contribution in [1.29, 1.82) is 5.41 Å². The van der Waals surface area contributed by atoms with Gasteiger partial charge in [-0.1, -0.05) is 6.07 Å². The van der Waals surface area contributed by atoms with Crippen LogP contribution in [0.4, 0.5) is 5.69 Å². The first kappa shape index (κ1) is 22.6. The van der Waals surface area contributed by atoms with E-state index in [1.165, 1.54) is 33.4 Å². The molecule has 10 nitrogen and oxygen atoms in total. The summed E-state index contributed by atoms with van der Waals surface area (Å²) in [5.41, 5.74) is 7.74. The van der Waals surface area contributed by atoms with Crippen LogP contribution in [0.5, 0.6) is 5.88 Å². The molecule has 31 heavy (non-hydrogen) atoms. The molecule has 0 radical (unpaired) electrons. The predicted molar refractivity (Wildman–Crippen MR) is 115 cm³/mol. The van der Waals surface area contributed by atoms with Crippen LogP contribution in [0.3, 0.4) is 0 Å². The second-order valence-electron chi connectivity index (χ2n) is 7.73. The molecule has 2 heterocycles. The van der Waals surface area contributed by atoms with E-state index in [4.69, 9.17) is 20.6 Å². The smallest absolute Gasteiger partial charge is 0.275 e. The van der Waals surface area contributed by atoms with Crippen molar-refractivity contribution in [2.45, 2.75) is 31.1 Å². The number of benzene rings is 1. The quantitative estimate of drug-likeness (QED) is 0.425. The molecule has 0 spiro atoms. The van der Waals surface area contributed by atoms with Gasteiger partial charge in [-0.05, 0) is 37.1 Å². The molecule has 0 fully saturated rings. The lowest BCUT2D eigenvalue weighted by Gasteiger charge is -2.30. The van der Waals surface area contributed by atoms with Gasteiger partial charge < -0.3 is 20.5 Å². The number of carbonyl (C=O) groups excluding carboxylic acids is 1. The van der Waals surface area contributed by atoms with Gasteiger partial charge in [-0.2, -0.15) is 0 Å². The van der Waals surface area contributed by atoms with Gasteiger partial charge in [0.05, 0.1) is 38.5 Å². The number of ether oxygens (including phenoxy) is 2. The highest BCUT2D eigenvalue weighted by atomic mass is 32.2. The number of nitrogens with two attached hydrogens (primary N) is 1. The lowest BCUT2D eigenvalue weighted by molar-refractivity contribution is 0.0956. The summed E-state index contributed by atoms with van der Waals surface area (Å²) in [7, 11) is -2.28. The van der Waals surface area contributed by atoms with Crippen molar-refractivity contribution in [3.05, 3.63) is 47.4 Å². The third kappa shape index (κ3) is 4.67. The Bertz CT molecular complexity index is 1100. The molecular weight excluding hydrogens is 422 g/mol. The van der Waals surface area contributed by atoms with Gasteiger partial charge in [0.2, 0.25) is 5.88 Å². The summed E-state index contributed by atoms with van der Waals surface area (Å²) >= 11 is 0. The minimum Gasteiger partial charge on any atom is -0.480 e. The van der Waals surface area contributed by atoms with Gasteiger partial charge in [0.15, 0.2) is 9.84 Å². The molecule has 4 N–H and O–H groups in total. The van der Waals surface area contributed by atoms with Crippen LogP contribution in [0.2, 0.25) is 0 Å². The largest absolute Gasteiger partial charge is 0.480 e. The van der Waals surface area contributed by atoms with Gasteiger partial charge in [0, 0.05) is 11.6 Å². The van der Waals surface area contributed by atoms with Crippen LogP contribution in [0, 0.1) is 5.41 Å². The van der Waals surface area contributed by atoms with Crippen LogP contribution in [-0.2, 0) is 21.2 Å². The lowest BCUT2D eigenvalue weighted by Crippen LogP contribution is -2.47. The van der Waals surface area contributed by atoms with Crippen LogP contribution in [-0.4, -0.2) is 54.3 Å². The summed E-state index contributed by atoms with van der Waals surface area (Å²) in [6.07, 6.45) is 2.65. The molecule has 0 bridgehead atoms. The number of anilines is 1. The fraction of sp³-hybridized carbons (Fsp3) is 0.400. The number of hydrogen-bond donors (Lipinski definition) is 3. The minimum absolute atomic E-state index is 0.115. The number of aromatic nitrogens is 2. The molecule has 11 heteroatoms. The van der Waals surface area contributed by atoms with E-state index in [1.807, 2.05) is 0 Å². The van der Waals surface area contributed by atoms with Crippen molar-refractivity contribution in [3.8, 4) is 5.88 Å². The van der Waals surface area contributed by atoms with E-state index in [0.29, 0.717) is 18.2 Å². The third-order valence-corrected chi connectivity index (χ3v) is 7.95. The first-order chi connectivity index (χ1) is 14.5. The molecule has 1 aliphatic heterocycles. The molecule has 2 aromatic rings. The number of methoxy groups -OCH3 is 1. The van der Waals surface area contributed by atoms with Crippen LogP contribution in [0.15, 0.2) is 30.6 Å². The molecule has 0 saturated heterocycles. The molecule has 1 aromatic heterocycles. The number of amidine groups is 1. The molecule has 1 aliphatic rings. The number of nitrogens with zero attached hydrogens (tertiary/aromatic N) is 2. The zero-order chi connectivity index (χ0) is 22.8. The summed E-state index contributed by atoms with van der Waals surface area (Å²) in [5, 5.41) is 10.4. The van der Waals surface area contributed by atoms with Gasteiger partial charge >= 0.3 is 0 Å². The van der Waals surface area contributed by atoms with Crippen LogP contribution in [0.1, 0.15) is 41.4 Å². The predicted octanol–water partition coefficient (Wildman–Crippen LogP) is 1.48. The van der Waals surface area contributed by atoms with E-state index in [2.05, 4.69) is 15.3 Å². The Hall–Kier alpha value is -3.05. The maximum atomic E-state index is 12.9. The van der Waals surface area contributed by atoms with Crippen LogP contribution in [0.25, 0.3) is 0 Å². The number of carbonyl (C=O) groups is 1. The van der Waals surface area contributed by atoms with Crippen LogP contribution >= 0.6 is 0 Å². The van der Waals surface area contributed by atoms with Gasteiger partial charge in [0.25, 0.3) is 5.91 Å². The summed E-state index contributed by atoms with van der Waals surface area (Å²) in [4.78, 5) is 20.5. The standard InChI is InChI=1S/C20H25N5O5S/c1-20(2,19(21)22)31(27,28)11-13-10-30-9-12-4-5-14(6-15(12)13)25-18(26)16-7-24-17(29-3)8-23-16/h4-8,13H,9-11H2,1-3H3,(H3,21,22)(H,25,26). The average Bonchev–Trinajstić information content (AvgIpc) is 2.73. The monoisotopic (exact) mass is 447 g/mol. The Labute approximate surface area is 180 Å². The van der Waals surface area contributed by atoms with E-state index in [0.717, 1.165) is 11.1 Å². The minimum atomic E-state index is -3.73. The second-order valence-corrected chi connectivity index (χ2v) is 10.3. The van der Waals surface area contributed by atoms with Crippen molar-refractivity contribution in [2.24, 2.45) is 5.73 Å². The fourth-order valence-corrected chi connectivity index (χ4v) is 4.65. The summed E-state index contributed by atoms with van der Waals surface area (Å²) in [5.74, 6) is -1.25. The zero-order valence-corrected chi connectivity index (χ0v) is 18.3. The zero-order valence-electron chi connectivity index (χ0n) is 17.5. The van der Waals surface area contributed by atoms with Crippen molar-refractivity contribution in [3.63, 3.8) is 0 Å². The van der Waals surface area contributed by atoms with E-state index in [1.54, 1.807) is 18.2 Å². The normalized spacial score (nSPS) is 16.3. The Morgan fingerprint density at radius 1 is 1.35 bits per heavy atom. The van der Waals surface area contributed by atoms with E-state index in [9.17, 15) is 13.2 Å². The van der Waals surface area contributed by atoms with E-state index >= 15 is 0 Å². The molecule has 1 aromatic carbocycles. The molecule has 3 rings (SSSR count). The van der Waals surface area contributed by atoms with Crippen molar-refractivity contribution < 1.29 is 22.7 Å². The van der Waals surface area contributed by atoms with Gasteiger partial charge in [-0.3, -0.25) is 10.2 Å².